The van der Waals surface area contributed by atoms with Crippen LogP contribution in [0, 0.1) is 5.92 Å². The van der Waals surface area contributed by atoms with Crippen molar-refractivity contribution >= 4 is 5.97 Å². The molecule has 0 spiro atoms. The summed E-state index contributed by atoms with van der Waals surface area (Å²) in [4.78, 5) is 20.1. The highest BCUT2D eigenvalue weighted by Gasteiger charge is 2.39. The number of carbonyl (C=O) groups is 1. The largest absolute Gasteiger partial charge is 0.478 e. The van der Waals surface area contributed by atoms with Gasteiger partial charge in [-0.3, -0.25) is 0 Å². The van der Waals surface area contributed by atoms with Crippen molar-refractivity contribution in [2.45, 2.75) is 58.5 Å². The van der Waals surface area contributed by atoms with E-state index in [1.54, 1.807) is 0 Å². The first kappa shape index (κ1) is 15.9. The third-order valence-electron chi connectivity index (χ3n) is 4.34. The van der Waals surface area contributed by atoms with E-state index in [1.807, 2.05) is 13.8 Å². The number of hydrogen-bond acceptors (Lipinski definition) is 4. The maximum absolute atomic E-state index is 11.2. The summed E-state index contributed by atoms with van der Waals surface area (Å²) in [6.45, 7) is 6.75. The molecule has 0 atom stereocenters. The normalized spacial score (nSPS) is 25.8. The molecule has 5 heteroatoms. The second kappa shape index (κ2) is 6.52. The van der Waals surface area contributed by atoms with Gasteiger partial charge in [-0.15, -0.1) is 0 Å². The number of aryl methyl sites for hydroxylation is 1. The lowest BCUT2D eigenvalue weighted by atomic mass is 9.78. The number of aromatic nitrogens is 2. The van der Waals surface area contributed by atoms with E-state index in [0.717, 1.165) is 25.7 Å². The molecule has 0 amide bonds. The lowest BCUT2D eigenvalue weighted by Crippen LogP contribution is -2.36. The van der Waals surface area contributed by atoms with E-state index in [9.17, 15) is 9.90 Å². The summed E-state index contributed by atoms with van der Waals surface area (Å²) < 4.78 is 6.03. The number of carboxylic acids is 1. The molecular weight excluding hydrogens is 268 g/mol. The van der Waals surface area contributed by atoms with Crippen molar-refractivity contribution in [2.24, 2.45) is 5.92 Å². The number of hydrogen-bond donors (Lipinski definition) is 1. The standard InChI is InChI=1S/C16H24N2O3/c1-4-13-12(14(19)20)10-17-15(18-13)16(21-5-2)8-6-11(3)7-9-16/h10-11H,4-9H2,1-3H3,(H,19,20). The van der Waals surface area contributed by atoms with Gasteiger partial charge < -0.3 is 9.84 Å². The van der Waals surface area contributed by atoms with Crippen LogP contribution < -0.4 is 0 Å². The SMILES string of the molecule is CCOC1(c2ncc(C(=O)O)c(CC)n2)CCC(C)CC1. The quantitative estimate of drug-likeness (QED) is 0.902. The predicted molar refractivity (Wildman–Crippen MR) is 79.3 cm³/mol. The smallest absolute Gasteiger partial charge is 0.339 e. The van der Waals surface area contributed by atoms with Gasteiger partial charge in [-0.1, -0.05) is 13.8 Å². The van der Waals surface area contributed by atoms with Crippen molar-refractivity contribution in [1.29, 1.82) is 0 Å². The summed E-state index contributed by atoms with van der Waals surface area (Å²) in [6.07, 6.45) is 5.99. The summed E-state index contributed by atoms with van der Waals surface area (Å²) in [6, 6.07) is 0. The molecule has 116 valence electrons. The minimum atomic E-state index is -0.971. The van der Waals surface area contributed by atoms with Crippen molar-refractivity contribution in [1.82, 2.24) is 9.97 Å². The number of aromatic carboxylic acids is 1. The minimum absolute atomic E-state index is 0.192. The fraction of sp³-hybridized carbons (Fsp3) is 0.688. The van der Waals surface area contributed by atoms with Crippen LogP contribution >= 0.6 is 0 Å². The van der Waals surface area contributed by atoms with Crippen molar-refractivity contribution in [2.75, 3.05) is 6.61 Å². The van der Waals surface area contributed by atoms with Crippen molar-refractivity contribution in [3.05, 3.63) is 23.3 Å². The molecule has 1 aromatic rings. The Bertz CT molecular complexity index is 508. The van der Waals surface area contributed by atoms with E-state index >= 15 is 0 Å². The summed E-state index contributed by atoms with van der Waals surface area (Å²) >= 11 is 0. The molecule has 1 aliphatic rings. The maximum Gasteiger partial charge on any atom is 0.339 e. The molecule has 0 bridgehead atoms. The highest BCUT2D eigenvalue weighted by Crippen LogP contribution is 2.41. The lowest BCUT2D eigenvalue weighted by molar-refractivity contribution is -0.0838. The topological polar surface area (TPSA) is 72.3 Å². The Balaban J connectivity index is 2.39. The number of rotatable bonds is 5. The Labute approximate surface area is 125 Å². The van der Waals surface area contributed by atoms with Gasteiger partial charge in [-0.2, -0.15) is 0 Å². The Hall–Kier alpha value is -1.49. The zero-order valence-corrected chi connectivity index (χ0v) is 13.1. The summed E-state index contributed by atoms with van der Waals surface area (Å²) in [5.41, 5.74) is 0.338. The fourth-order valence-electron chi connectivity index (χ4n) is 3.02. The van der Waals surface area contributed by atoms with Crippen molar-refractivity contribution in [3.8, 4) is 0 Å². The second-order valence-electron chi connectivity index (χ2n) is 5.82. The number of nitrogens with zero attached hydrogens (tertiary/aromatic N) is 2. The maximum atomic E-state index is 11.2. The van der Waals surface area contributed by atoms with Crippen molar-refractivity contribution < 1.29 is 14.6 Å². The molecule has 1 heterocycles. The van der Waals surface area contributed by atoms with Gasteiger partial charge in [0.2, 0.25) is 0 Å². The number of ether oxygens (including phenoxy) is 1. The zero-order valence-electron chi connectivity index (χ0n) is 13.1. The van der Waals surface area contributed by atoms with E-state index in [-0.39, 0.29) is 5.56 Å². The monoisotopic (exact) mass is 292 g/mol. The van der Waals surface area contributed by atoms with Gasteiger partial charge in [0, 0.05) is 12.8 Å². The molecule has 0 aromatic carbocycles. The average Bonchev–Trinajstić information content (AvgIpc) is 2.49. The first-order valence-electron chi connectivity index (χ1n) is 7.76. The predicted octanol–water partition coefficient (Wildman–Crippen LogP) is 3.18. The fourth-order valence-corrected chi connectivity index (χ4v) is 3.02. The first-order valence-corrected chi connectivity index (χ1v) is 7.76. The summed E-state index contributed by atoms with van der Waals surface area (Å²) in [5, 5.41) is 9.19. The van der Waals surface area contributed by atoms with Crippen LogP contribution in [0.4, 0.5) is 0 Å². The Morgan fingerprint density at radius 2 is 2.10 bits per heavy atom. The van der Waals surface area contributed by atoms with E-state index in [4.69, 9.17) is 4.74 Å². The molecule has 21 heavy (non-hydrogen) atoms. The molecule has 1 saturated carbocycles. The van der Waals surface area contributed by atoms with Gasteiger partial charge in [0.05, 0.1) is 11.3 Å². The lowest BCUT2D eigenvalue weighted by Gasteiger charge is -2.38. The van der Waals surface area contributed by atoms with Crippen LogP contribution in [0.2, 0.25) is 0 Å². The molecule has 2 rings (SSSR count). The minimum Gasteiger partial charge on any atom is -0.478 e. The molecular formula is C16H24N2O3. The molecule has 0 unspecified atom stereocenters. The Morgan fingerprint density at radius 3 is 2.62 bits per heavy atom. The molecule has 1 fully saturated rings. The number of carboxylic acid groups (broad SMARTS) is 1. The molecule has 1 N–H and O–H groups in total. The van der Waals surface area contributed by atoms with E-state index in [0.29, 0.717) is 30.5 Å². The van der Waals surface area contributed by atoms with Crippen LogP contribution in [0.3, 0.4) is 0 Å². The van der Waals surface area contributed by atoms with Crippen LogP contribution in [0.25, 0.3) is 0 Å². The molecule has 1 aliphatic carbocycles. The highest BCUT2D eigenvalue weighted by atomic mass is 16.5. The van der Waals surface area contributed by atoms with E-state index in [2.05, 4.69) is 16.9 Å². The van der Waals surface area contributed by atoms with Gasteiger partial charge in [0.1, 0.15) is 5.60 Å². The summed E-state index contributed by atoms with van der Waals surface area (Å²) in [5.74, 6) is 0.377. The van der Waals surface area contributed by atoms with Crippen molar-refractivity contribution in [3.63, 3.8) is 0 Å². The van der Waals surface area contributed by atoms with Gasteiger partial charge in [-0.25, -0.2) is 14.8 Å². The third-order valence-corrected chi connectivity index (χ3v) is 4.34. The van der Waals surface area contributed by atoms with Crippen LogP contribution in [-0.2, 0) is 16.8 Å². The second-order valence-corrected chi connectivity index (χ2v) is 5.82. The highest BCUT2D eigenvalue weighted by molar-refractivity contribution is 5.88. The molecule has 1 aromatic heterocycles. The molecule has 0 aliphatic heterocycles. The van der Waals surface area contributed by atoms with Crippen LogP contribution in [-0.4, -0.2) is 27.7 Å². The Morgan fingerprint density at radius 1 is 1.43 bits per heavy atom. The zero-order chi connectivity index (χ0) is 15.5. The van der Waals surface area contributed by atoms with Gasteiger partial charge in [0.15, 0.2) is 5.82 Å². The third kappa shape index (κ3) is 3.23. The Kier molecular flexibility index (Phi) is 4.93. The van der Waals surface area contributed by atoms with E-state index in [1.165, 1.54) is 6.20 Å². The van der Waals surface area contributed by atoms with E-state index < -0.39 is 11.6 Å². The van der Waals surface area contributed by atoms with Crippen LogP contribution in [0.5, 0.6) is 0 Å². The molecule has 0 saturated heterocycles. The van der Waals surface area contributed by atoms with Crippen LogP contribution in [0.15, 0.2) is 6.20 Å². The van der Waals surface area contributed by atoms with Gasteiger partial charge in [0.25, 0.3) is 0 Å². The summed E-state index contributed by atoms with van der Waals surface area (Å²) in [7, 11) is 0. The average molecular weight is 292 g/mol. The molecule has 5 nitrogen and oxygen atoms in total. The van der Waals surface area contributed by atoms with Gasteiger partial charge in [-0.05, 0) is 44.9 Å². The van der Waals surface area contributed by atoms with Gasteiger partial charge >= 0.3 is 5.97 Å². The molecule has 0 radical (unpaired) electrons. The van der Waals surface area contributed by atoms with Crippen LogP contribution in [0.1, 0.15) is 68.3 Å². The first-order chi connectivity index (χ1) is 10.0.